The third-order valence-electron chi connectivity index (χ3n) is 2.31. The predicted molar refractivity (Wildman–Crippen MR) is 82.2 cm³/mol. The van der Waals surface area contributed by atoms with Gasteiger partial charge in [-0.2, -0.15) is 10.4 Å². The number of nitrogens with one attached hydrogen (secondary N) is 3. The molecule has 1 rings (SSSR count). The zero-order valence-electron chi connectivity index (χ0n) is 12.2. The average Bonchev–Trinajstić information content (AvgIpc) is 2.37. The van der Waals surface area contributed by atoms with Crippen LogP contribution in [0.4, 0.5) is 5.69 Å². The summed E-state index contributed by atoms with van der Waals surface area (Å²) in [4.78, 5) is 12.2. The van der Waals surface area contributed by atoms with E-state index in [9.17, 15) is 4.79 Å². The molecule has 0 saturated carbocycles. The molecule has 0 spiro atoms. The van der Waals surface area contributed by atoms with Crippen molar-refractivity contribution in [2.45, 2.75) is 26.3 Å². The van der Waals surface area contributed by atoms with E-state index in [2.05, 4.69) is 15.8 Å². The van der Waals surface area contributed by atoms with Crippen molar-refractivity contribution in [1.29, 1.82) is 10.7 Å². The first-order valence-corrected chi connectivity index (χ1v) is 6.24. The summed E-state index contributed by atoms with van der Waals surface area (Å²) in [5, 5.41) is 22.5. The molecule has 0 aliphatic rings. The number of hydrogen-bond donors (Lipinski definition) is 4. The first-order valence-electron chi connectivity index (χ1n) is 6.24. The van der Waals surface area contributed by atoms with Gasteiger partial charge in [0.25, 0.3) is 5.91 Å². The maximum Gasteiger partial charge on any atom is 0.253 e. The molecule has 0 fully saturated rings. The molecule has 0 atom stereocenters. The highest BCUT2D eigenvalue weighted by atomic mass is 16.1. The van der Waals surface area contributed by atoms with E-state index in [0.29, 0.717) is 11.3 Å². The minimum absolute atomic E-state index is 0.249. The van der Waals surface area contributed by atoms with Crippen molar-refractivity contribution in [2.75, 3.05) is 5.43 Å². The summed E-state index contributed by atoms with van der Waals surface area (Å²) in [5.41, 5.74) is 7.99. The van der Waals surface area contributed by atoms with E-state index in [4.69, 9.17) is 16.4 Å². The number of nitriles is 1. The third kappa shape index (κ3) is 4.95. The number of hydrogen-bond acceptors (Lipinski definition) is 5. The van der Waals surface area contributed by atoms with Gasteiger partial charge in [-0.25, -0.2) is 0 Å². The standard InChI is InChI=1S/C14H18N6O/c1-14(2,3)18-13(21)9-6-4-5-7-10(9)19-20-11(8-15)12(16)17/h4-7,19H,1-3H3,(H3,16,17)(H,18,21)/b20-11+. The van der Waals surface area contributed by atoms with Crippen molar-refractivity contribution in [2.24, 2.45) is 10.8 Å². The van der Waals surface area contributed by atoms with Gasteiger partial charge in [0.15, 0.2) is 5.84 Å². The van der Waals surface area contributed by atoms with Crippen LogP contribution in [-0.4, -0.2) is 23.0 Å². The lowest BCUT2D eigenvalue weighted by Gasteiger charge is -2.21. The summed E-state index contributed by atoms with van der Waals surface area (Å²) >= 11 is 0. The molecular weight excluding hydrogens is 268 g/mol. The molecule has 110 valence electrons. The van der Waals surface area contributed by atoms with Gasteiger partial charge in [-0.15, -0.1) is 0 Å². The molecule has 0 unspecified atom stereocenters. The van der Waals surface area contributed by atoms with Crippen molar-refractivity contribution < 1.29 is 4.79 Å². The minimum atomic E-state index is -0.443. The number of amides is 1. The first kappa shape index (κ1) is 16.2. The van der Waals surface area contributed by atoms with E-state index in [-0.39, 0.29) is 17.2 Å². The number of nitrogens with zero attached hydrogens (tertiary/aromatic N) is 2. The molecule has 0 bridgehead atoms. The predicted octanol–water partition coefficient (Wildman–Crippen LogP) is 1.44. The van der Waals surface area contributed by atoms with Crippen molar-refractivity contribution in [3.63, 3.8) is 0 Å². The maximum absolute atomic E-state index is 12.2. The molecule has 0 radical (unpaired) electrons. The number of benzene rings is 1. The van der Waals surface area contributed by atoms with Gasteiger partial charge in [0.05, 0.1) is 11.3 Å². The third-order valence-corrected chi connectivity index (χ3v) is 2.31. The SMILES string of the molecule is CC(C)(C)NC(=O)c1ccccc1N/N=C(\C#N)C(=N)N. The Morgan fingerprint density at radius 3 is 2.52 bits per heavy atom. The number of anilines is 1. The molecule has 21 heavy (non-hydrogen) atoms. The topological polar surface area (TPSA) is 127 Å². The normalized spacial score (nSPS) is 11.4. The zero-order chi connectivity index (χ0) is 16.0. The van der Waals surface area contributed by atoms with E-state index >= 15 is 0 Å². The lowest BCUT2D eigenvalue weighted by molar-refractivity contribution is 0.0920. The van der Waals surface area contributed by atoms with E-state index in [1.54, 1.807) is 30.3 Å². The van der Waals surface area contributed by atoms with Gasteiger partial charge < -0.3 is 11.1 Å². The highest BCUT2D eigenvalue weighted by Crippen LogP contribution is 2.16. The van der Waals surface area contributed by atoms with Crippen molar-refractivity contribution in [3.8, 4) is 6.07 Å². The van der Waals surface area contributed by atoms with Crippen LogP contribution in [0.3, 0.4) is 0 Å². The van der Waals surface area contributed by atoms with Crippen LogP contribution in [0.25, 0.3) is 0 Å². The molecule has 0 aliphatic heterocycles. The van der Waals surface area contributed by atoms with Crippen LogP contribution in [0.2, 0.25) is 0 Å². The summed E-state index contributed by atoms with van der Waals surface area (Å²) in [6, 6.07) is 8.44. The Bertz CT molecular complexity index is 621. The number of carbonyl (C=O) groups excluding carboxylic acids is 1. The smallest absolute Gasteiger partial charge is 0.253 e. The summed E-state index contributed by atoms with van der Waals surface area (Å²) < 4.78 is 0. The van der Waals surface area contributed by atoms with Crippen molar-refractivity contribution >= 4 is 23.1 Å². The monoisotopic (exact) mass is 286 g/mol. The largest absolute Gasteiger partial charge is 0.382 e. The van der Waals surface area contributed by atoms with Gasteiger partial charge >= 0.3 is 0 Å². The van der Waals surface area contributed by atoms with Crippen LogP contribution in [0.5, 0.6) is 0 Å². The molecule has 1 aromatic rings. The Labute approximate surface area is 123 Å². The lowest BCUT2D eigenvalue weighted by Crippen LogP contribution is -2.40. The van der Waals surface area contributed by atoms with Gasteiger partial charge in [0, 0.05) is 5.54 Å². The second-order valence-corrected chi connectivity index (χ2v) is 5.35. The van der Waals surface area contributed by atoms with Crippen molar-refractivity contribution in [1.82, 2.24) is 5.32 Å². The fraction of sp³-hybridized carbons (Fsp3) is 0.286. The van der Waals surface area contributed by atoms with Crippen molar-refractivity contribution in [3.05, 3.63) is 29.8 Å². The van der Waals surface area contributed by atoms with Crippen LogP contribution >= 0.6 is 0 Å². The second kappa shape index (κ2) is 6.52. The van der Waals surface area contributed by atoms with Gasteiger partial charge in [-0.05, 0) is 32.9 Å². The summed E-state index contributed by atoms with van der Waals surface area (Å²) in [6.07, 6.45) is 0. The molecule has 1 aromatic carbocycles. The number of rotatable bonds is 4. The fourth-order valence-corrected chi connectivity index (χ4v) is 1.45. The number of hydrazone groups is 1. The van der Waals surface area contributed by atoms with Gasteiger partial charge in [0.1, 0.15) is 6.07 Å². The fourth-order valence-electron chi connectivity index (χ4n) is 1.45. The molecule has 0 aromatic heterocycles. The summed E-state index contributed by atoms with van der Waals surface area (Å²) in [5.74, 6) is -0.705. The molecule has 0 aliphatic carbocycles. The number of amidine groups is 1. The summed E-state index contributed by atoms with van der Waals surface area (Å²) in [6.45, 7) is 5.63. The molecule has 7 nitrogen and oxygen atoms in total. The number of carbonyl (C=O) groups is 1. The van der Waals surface area contributed by atoms with Gasteiger partial charge in [-0.3, -0.25) is 15.6 Å². The molecule has 0 saturated heterocycles. The highest BCUT2D eigenvalue weighted by molar-refractivity contribution is 6.45. The summed E-state index contributed by atoms with van der Waals surface area (Å²) in [7, 11) is 0. The Kier molecular flexibility index (Phi) is 5.02. The Morgan fingerprint density at radius 2 is 2.00 bits per heavy atom. The Morgan fingerprint density at radius 1 is 1.38 bits per heavy atom. The Hall–Kier alpha value is -2.88. The quantitative estimate of drug-likeness (QED) is 0.379. The molecule has 7 heteroatoms. The van der Waals surface area contributed by atoms with Crippen LogP contribution in [0.1, 0.15) is 31.1 Å². The van der Waals surface area contributed by atoms with E-state index < -0.39 is 5.84 Å². The molecule has 5 N–H and O–H groups in total. The Balaban J connectivity index is 3.03. The highest BCUT2D eigenvalue weighted by Gasteiger charge is 2.17. The molecule has 1 amide bonds. The maximum atomic E-state index is 12.2. The van der Waals surface area contributed by atoms with Crippen LogP contribution < -0.4 is 16.5 Å². The molecule has 0 heterocycles. The van der Waals surface area contributed by atoms with E-state index in [0.717, 1.165) is 0 Å². The number of para-hydroxylation sites is 1. The van der Waals surface area contributed by atoms with E-state index in [1.807, 2.05) is 20.8 Å². The average molecular weight is 286 g/mol. The first-order chi connectivity index (χ1) is 9.74. The lowest BCUT2D eigenvalue weighted by atomic mass is 10.1. The second-order valence-electron chi connectivity index (χ2n) is 5.35. The van der Waals surface area contributed by atoms with Gasteiger partial charge in [-0.1, -0.05) is 12.1 Å². The van der Waals surface area contributed by atoms with E-state index in [1.165, 1.54) is 0 Å². The number of nitrogens with two attached hydrogens (primary N) is 1. The van der Waals surface area contributed by atoms with Crippen LogP contribution in [-0.2, 0) is 0 Å². The molecular formula is C14H18N6O. The minimum Gasteiger partial charge on any atom is -0.382 e. The zero-order valence-corrected chi connectivity index (χ0v) is 12.2. The van der Waals surface area contributed by atoms with Crippen LogP contribution in [0.15, 0.2) is 29.4 Å². The van der Waals surface area contributed by atoms with Gasteiger partial charge in [0.2, 0.25) is 5.71 Å². The van der Waals surface area contributed by atoms with Crippen LogP contribution in [0, 0.1) is 16.7 Å².